The first-order valence-electron chi connectivity index (χ1n) is 4.47. The molecule has 0 heterocycles. The zero-order valence-electron chi connectivity index (χ0n) is 7.60. The van der Waals surface area contributed by atoms with Gasteiger partial charge in [0.25, 0.3) is 0 Å². The van der Waals surface area contributed by atoms with E-state index in [1.54, 1.807) is 0 Å². The van der Waals surface area contributed by atoms with E-state index in [-0.39, 0.29) is 0 Å². The Morgan fingerprint density at radius 2 is 2.36 bits per heavy atom. The summed E-state index contributed by atoms with van der Waals surface area (Å²) in [5.74, 6) is 0.909. The van der Waals surface area contributed by atoms with Gasteiger partial charge in [-0.1, -0.05) is 25.5 Å². The third-order valence-electron chi connectivity index (χ3n) is 2.69. The quantitative estimate of drug-likeness (QED) is 0.572. The Morgan fingerprint density at radius 3 is 2.91 bits per heavy atom. The van der Waals surface area contributed by atoms with E-state index in [9.17, 15) is 0 Å². The lowest BCUT2D eigenvalue weighted by Gasteiger charge is -2.30. The van der Waals surface area contributed by atoms with E-state index in [2.05, 4.69) is 19.8 Å². The monoisotopic (exact) mass is 170 g/mol. The van der Waals surface area contributed by atoms with Gasteiger partial charge in [-0.2, -0.15) is 11.8 Å². The van der Waals surface area contributed by atoms with Gasteiger partial charge in [-0.3, -0.25) is 0 Å². The van der Waals surface area contributed by atoms with Crippen molar-refractivity contribution in [2.45, 2.75) is 37.9 Å². The highest BCUT2D eigenvalue weighted by molar-refractivity contribution is 7.99. The Hall–Kier alpha value is 0.0900. The highest BCUT2D eigenvalue weighted by atomic mass is 32.2. The summed E-state index contributed by atoms with van der Waals surface area (Å²) in [4.78, 5) is 0. The second-order valence-electron chi connectivity index (χ2n) is 3.44. The van der Waals surface area contributed by atoms with Crippen LogP contribution in [-0.2, 0) is 0 Å². The lowest BCUT2D eigenvalue weighted by Crippen LogP contribution is -2.21. The first kappa shape index (κ1) is 9.18. The largest absolute Gasteiger partial charge is 0.162 e. The minimum atomic E-state index is 0.908. The van der Waals surface area contributed by atoms with Crippen LogP contribution in [0.3, 0.4) is 0 Å². The molecule has 0 amide bonds. The topological polar surface area (TPSA) is 0 Å². The minimum absolute atomic E-state index is 0.908. The van der Waals surface area contributed by atoms with Crippen molar-refractivity contribution in [1.82, 2.24) is 0 Å². The first-order valence-corrected chi connectivity index (χ1v) is 5.76. The van der Waals surface area contributed by atoms with Gasteiger partial charge in [0.2, 0.25) is 0 Å². The van der Waals surface area contributed by atoms with Crippen LogP contribution in [0.4, 0.5) is 0 Å². The summed E-state index contributed by atoms with van der Waals surface area (Å²) in [6.45, 7) is 6.37. The molecule has 0 aliphatic heterocycles. The zero-order valence-corrected chi connectivity index (χ0v) is 8.41. The maximum atomic E-state index is 4.07. The van der Waals surface area contributed by atoms with E-state index in [1.807, 2.05) is 11.8 Å². The molecule has 1 saturated carbocycles. The molecule has 64 valence electrons. The SMILES string of the molecule is C=C1CCC(SC)C(CC)C1. The third-order valence-corrected chi connectivity index (χ3v) is 3.91. The molecule has 1 fully saturated rings. The average Bonchev–Trinajstić information content (AvgIpc) is 2.04. The van der Waals surface area contributed by atoms with Gasteiger partial charge in [-0.05, 0) is 31.4 Å². The van der Waals surface area contributed by atoms with Crippen LogP contribution in [0.25, 0.3) is 0 Å². The highest BCUT2D eigenvalue weighted by Crippen LogP contribution is 2.35. The average molecular weight is 170 g/mol. The Kier molecular flexibility index (Phi) is 3.50. The molecule has 2 unspecified atom stereocenters. The van der Waals surface area contributed by atoms with Crippen molar-refractivity contribution in [3.8, 4) is 0 Å². The van der Waals surface area contributed by atoms with Gasteiger partial charge in [-0.25, -0.2) is 0 Å². The van der Waals surface area contributed by atoms with Crippen molar-refractivity contribution in [3.63, 3.8) is 0 Å². The van der Waals surface area contributed by atoms with Crippen molar-refractivity contribution in [2.24, 2.45) is 5.92 Å². The summed E-state index contributed by atoms with van der Waals surface area (Å²) in [6.07, 6.45) is 7.47. The molecule has 1 heteroatoms. The molecule has 1 aliphatic carbocycles. The summed E-state index contributed by atoms with van der Waals surface area (Å²) >= 11 is 2.04. The van der Waals surface area contributed by atoms with E-state index < -0.39 is 0 Å². The Labute approximate surface area is 74.5 Å². The molecule has 0 bridgehead atoms. The number of thioether (sulfide) groups is 1. The van der Waals surface area contributed by atoms with Crippen LogP contribution in [0.1, 0.15) is 32.6 Å². The molecule has 0 aromatic rings. The number of hydrogen-bond acceptors (Lipinski definition) is 1. The molecule has 0 radical (unpaired) electrons. The van der Waals surface area contributed by atoms with Crippen molar-refractivity contribution in [2.75, 3.05) is 6.26 Å². The van der Waals surface area contributed by atoms with E-state index >= 15 is 0 Å². The van der Waals surface area contributed by atoms with E-state index in [4.69, 9.17) is 0 Å². The number of allylic oxidation sites excluding steroid dienone is 1. The fourth-order valence-electron chi connectivity index (χ4n) is 1.90. The Balaban J connectivity index is 2.48. The molecule has 0 spiro atoms. The second-order valence-corrected chi connectivity index (χ2v) is 4.51. The van der Waals surface area contributed by atoms with E-state index in [1.165, 1.54) is 31.3 Å². The highest BCUT2D eigenvalue weighted by Gasteiger charge is 2.23. The van der Waals surface area contributed by atoms with Gasteiger partial charge < -0.3 is 0 Å². The van der Waals surface area contributed by atoms with Crippen LogP contribution in [0.15, 0.2) is 12.2 Å². The van der Waals surface area contributed by atoms with Gasteiger partial charge in [0.05, 0.1) is 0 Å². The van der Waals surface area contributed by atoms with Gasteiger partial charge in [0.1, 0.15) is 0 Å². The molecule has 0 aromatic heterocycles. The van der Waals surface area contributed by atoms with Crippen LogP contribution in [0.2, 0.25) is 0 Å². The molecule has 1 aliphatic rings. The number of hydrogen-bond donors (Lipinski definition) is 0. The fraction of sp³-hybridized carbons (Fsp3) is 0.800. The minimum Gasteiger partial charge on any atom is -0.162 e. The second kappa shape index (κ2) is 4.20. The predicted molar refractivity (Wildman–Crippen MR) is 54.1 cm³/mol. The van der Waals surface area contributed by atoms with E-state index in [0.717, 1.165) is 11.2 Å². The predicted octanol–water partition coefficient (Wildman–Crippen LogP) is 3.48. The standard InChI is InChI=1S/C10H18S/c1-4-9-7-8(2)5-6-10(9)11-3/h9-10H,2,4-7H2,1,3H3. The molecular formula is C10H18S. The van der Waals surface area contributed by atoms with E-state index in [0.29, 0.717) is 0 Å². The molecular weight excluding hydrogens is 152 g/mol. The molecule has 0 N–H and O–H groups in total. The van der Waals surface area contributed by atoms with Crippen molar-refractivity contribution in [1.29, 1.82) is 0 Å². The maximum Gasteiger partial charge on any atom is 0.00785 e. The summed E-state index contributed by atoms with van der Waals surface area (Å²) in [7, 11) is 0. The van der Waals surface area contributed by atoms with Gasteiger partial charge >= 0.3 is 0 Å². The summed E-state index contributed by atoms with van der Waals surface area (Å²) < 4.78 is 0. The lowest BCUT2D eigenvalue weighted by molar-refractivity contribution is 0.422. The van der Waals surface area contributed by atoms with Crippen LogP contribution in [0.5, 0.6) is 0 Å². The molecule has 1 rings (SSSR count). The Morgan fingerprint density at radius 1 is 1.64 bits per heavy atom. The van der Waals surface area contributed by atoms with Crippen molar-refractivity contribution in [3.05, 3.63) is 12.2 Å². The molecule has 0 nitrogen and oxygen atoms in total. The van der Waals surface area contributed by atoms with Crippen LogP contribution in [0, 0.1) is 5.92 Å². The first-order chi connectivity index (χ1) is 5.27. The van der Waals surface area contributed by atoms with Crippen molar-refractivity contribution < 1.29 is 0 Å². The van der Waals surface area contributed by atoms with Crippen LogP contribution < -0.4 is 0 Å². The van der Waals surface area contributed by atoms with Crippen LogP contribution >= 0.6 is 11.8 Å². The maximum absolute atomic E-state index is 4.07. The van der Waals surface area contributed by atoms with Gasteiger partial charge in [0, 0.05) is 5.25 Å². The molecule has 11 heavy (non-hydrogen) atoms. The molecule has 2 atom stereocenters. The fourth-order valence-corrected chi connectivity index (χ4v) is 2.93. The van der Waals surface area contributed by atoms with Crippen molar-refractivity contribution >= 4 is 11.8 Å². The van der Waals surface area contributed by atoms with Crippen LogP contribution in [-0.4, -0.2) is 11.5 Å². The van der Waals surface area contributed by atoms with Gasteiger partial charge in [0.15, 0.2) is 0 Å². The summed E-state index contributed by atoms with van der Waals surface area (Å²) in [6, 6.07) is 0. The smallest absolute Gasteiger partial charge is 0.00785 e. The zero-order chi connectivity index (χ0) is 8.27. The molecule has 0 aromatic carbocycles. The van der Waals surface area contributed by atoms with Gasteiger partial charge in [-0.15, -0.1) is 0 Å². The lowest BCUT2D eigenvalue weighted by atomic mass is 9.84. The summed E-state index contributed by atoms with van der Waals surface area (Å²) in [5, 5.41) is 0.908. The third kappa shape index (κ3) is 2.26. The normalized spacial score (nSPS) is 32.4. The Bertz CT molecular complexity index is 140. The number of rotatable bonds is 2. The summed E-state index contributed by atoms with van der Waals surface area (Å²) in [5.41, 5.74) is 1.47. The molecule has 0 saturated heterocycles.